The van der Waals surface area contributed by atoms with Crippen LogP contribution in [0, 0.1) is 12.7 Å². The largest absolute Gasteiger partial charge is 0.466 e. The number of halogens is 1. The molecule has 1 saturated heterocycles. The van der Waals surface area contributed by atoms with Gasteiger partial charge in [0.05, 0.1) is 18.2 Å². The number of carbonyl (C=O) groups excluding carboxylic acids is 2. The van der Waals surface area contributed by atoms with Gasteiger partial charge in [-0.1, -0.05) is 6.07 Å². The number of aryl methyl sites for hydroxylation is 1. The van der Waals surface area contributed by atoms with Gasteiger partial charge in [-0.25, -0.2) is 9.18 Å². The lowest BCUT2D eigenvalue weighted by Crippen LogP contribution is -2.19. The molecule has 0 aliphatic carbocycles. The van der Waals surface area contributed by atoms with E-state index in [0.29, 0.717) is 5.56 Å². The number of amides is 1. The monoisotopic (exact) mass is 321 g/mol. The molecule has 1 aliphatic rings. The van der Waals surface area contributed by atoms with Gasteiger partial charge in [0.2, 0.25) is 0 Å². The van der Waals surface area contributed by atoms with Gasteiger partial charge in [-0.05, 0) is 36.4 Å². The van der Waals surface area contributed by atoms with E-state index >= 15 is 0 Å². The molecule has 8 heteroatoms. The third-order valence-corrected chi connectivity index (χ3v) is 3.59. The molecule has 1 amide bonds. The highest BCUT2D eigenvalue weighted by molar-refractivity contribution is 8.18. The average molecular weight is 321 g/mol. The van der Waals surface area contributed by atoms with Crippen LogP contribution in [0.2, 0.25) is 0 Å². The molecule has 1 aromatic carbocycles. The summed E-state index contributed by atoms with van der Waals surface area (Å²) in [6, 6.07) is 4.32. The van der Waals surface area contributed by atoms with Crippen LogP contribution in [0.25, 0.3) is 0 Å². The summed E-state index contributed by atoms with van der Waals surface area (Å²) >= 11 is 0.967. The lowest BCUT2D eigenvalue weighted by atomic mass is 10.1. The van der Waals surface area contributed by atoms with Crippen LogP contribution >= 0.6 is 11.8 Å². The first-order valence-corrected chi connectivity index (χ1v) is 6.97. The molecule has 1 fully saturated rings. The molecule has 0 saturated carbocycles. The van der Waals surface area contributed by atoms with E-state index in [1.807, 2.05) is 6.92 Å². The van der Waals surface area contributed by atoms with Crippen molar-refractivity contribution in [2.45, 2.75) is 6.92 Å². The zero-order chi connectivity index (χ0) is 16.1. The number of benzene rings is 1. The van der Waals surface area contributed by atoms with Gasteiger partial charge < -0.3 is 4.74 Å². The molecule has 22 heavy (non-hydrogen) atoms. The molecule has 0 bridgehead atoms. The Bertz CT molecular complexity index is 713. The fourth-order valence-corrected chi connectivity index (χ4v) is 2.27. The molecule has 0 spiro atoms. The van der Waals surface area contributed by atoms with Gasteiger partial charge in [-0.2, -0.15) is 5.10 Å². The number of esters is 1. The molecule has 0 unspecified atom stereocenters. The van der Waals surface area contributed by atoms with Crippen molar-refractivity contribution in [3.05, 3.63) is 46.1 Å². The first-order valence-electron chi connectivity index (χ1n) is 6.15. The van der Waals surface area contributed by atoms with E-state index in [1.165, 1.54) is 25.5 Å². The molecule has 1 heterocycles. The van der Waals surface area contributed by atoms with Crippen LogP contribution in [0.3, 0.4) is 0 Å². The first-order chi connectivity index (χ1) is 10.5. The Morgan fingerprint density at radius 3 is 2.95 bits per heavy atom. The van der Waals surface area contributed by atoms with Crippen LogP contribution in [0.4, 0.5) is 4.39 Å². The van der Waals surface area contributed by atoms with Crippen molar-refractivity contribution in [2.24, 2.45) is 10.2 Å². The molecular formula is C14H12FN3O3S. The fourth-order valence-electron chi connectivity index (χ4n) is 1.54. The second kappa shape index (κ2) is 6.99. The molecule has 0 aromatic heterocycles. The van der Waals surface area contributed by atoms with E-state index in [0.717, 1.165) is 23.4 Å². The molecule has 0 radical (unpaired) electrons. The Kier molecular flexibility index (Phi) is 5.05. The summed E-state index contributed by atoms with van der Waals surface area (Å²) in [6.45, 7) is 1.82. The van der Waals surface area contributed by atoms with Gasteiger partial charge in [0, 0.05) is 11.6 Å². The highest BCUT2D eigenvalue weighted by Gasteiger charge is 2.24. The molecule has 114 valence electrons. The fraction of sp³-hybridized carbons (Fsp3) is 0.143. The van der Waals surface area contributed by atoms with E-state index in [1.54, 1.807) is 6.07 Å². The van der Waals surface area contributed by atoms with E-state index in [9.17, 15) is 14.0 Å². The van der Waals surface area contributed by atoms with Crippen LogP contribution in [-0.2, 0) is 14.3 Å². The quantitative estimate of drug-likeness (QED) is 0.398. The third kappa shape index (κ3) is 4.01. The van der Waals surface area contributed by atoms with Crippen LogP contribution < -0.4 is 5.32 Å². The van der Waals surface area contributed by atoms with Gasteiger partial charge in [-0.15, -0.1) is 5.10 Å². The van der Waals surface area contributed by atoms with Gasteiger partial charge in [-0.3, -0.25) is 10.1 Å². The zero-order valence-electron chi connectivity index (χ0n) is 11.8. The van der Waals surface area contributed by atoms with Crippen molar-refractivity contribution in [1.29, 1.82) is 0 Å². The molecule has 0 atom stereocenters. The smallest absolute Gasteiger partial charge is 0.331 e. The van der Waals surface area contributed by atoms with Gasteiger partial charge in [0.1, 0.15) is 5.82 Å². The Labute approximate surface area is 130 Å². The highest BCUT2D eigenvalue weighted by atomic mass is 32.2. The molecule has 1 aromatic rings. The predicted molar refractivity (Wildman–Crippen MR) is 82.0 cm³/mol. The topological polar surface area (TPSA) is 80.1 Å². The average Bonchev–Trinajstić information content (AvgIpc) is 2.82. The highest BCUT2D eigenvalue weighted by Crippen LogP contribution is 2.23. The number of rotatable bonds is 3. The SMILES string of the molecule is COC(=O)/C=C1/S/C(=N\N=Cc2cc(F)ccc2C)NC1=O. The predicted octanol–water partition coefficient (Wildman–Crippen LogP) is 1.74. The summed E-state index contributed by atoms with van der Waals surface area (Å²) in [5.41, 5.74) is 1.43. The van der Waals surface area contributed by atoms with E-state index in [2.05, 4.69) is 20.3 Å². The van der Waals surface area contributed by atoms with Crippen molar-refractivity contribution in [3.8, 4) is 0 Å². The van der Waals surface area contributed by atoms with Crippen molar-refractivity contribution in [2.75, 3.05) is 7.11 Å². The van der Waals surface area contributed by atoms with E-state index < -0.39 is 11.9 Å². The second-order valence-electron chi connectivity index (χ2n) is 4.24. The Morgan fingerprint density at radius 2 is 2.23 bits per heavy atom. The van der Waals surface area contributed by atoms with Crippen molar-refractivity contribution in [1.82, 2.24) is 5.32 Å². The molecule has 2 rings (SSSR count). The summed E-state index contributed by atoms with van der Waals surface area (Å²) in [6.07, 6.45) is 2.46. The summed E-state index contributed by atoms with van der Waals surface area (Å²) in [5.74, 6) is -1.45. The number of methoxy groups -OCH3 is 1. The Morgan fingerprint density at radius 1 is 1.45 bits per heavy atom. The Balaban J connectivity index is 2.10. The Hall–Kier alpha value is -2.48. The maximum absolute atomic E-state index is 13.1. The number of amidine groups is 1. The molecule has 1 N–H and O–H groups in total. The minimum atomic E-state index is -0.627. The number of hydrogen-bond donors (Lipinski definition) is 1. The number of nitrogens with one attached hydrogen (secondary N) is 1. The van der Waals surface area contributed by atoms with Crippen LogP contribution in [-0.4, -0.2) is 30.4 Å². The number of thioether (sulfide) groups is 1. The van der Waals surface area contributed by atoms with Crippen LogP contribution in [0.5, 0.6) is 0 Å². The van der Waals surface area contributed by atoms with Crippen LogP contribution in [0.15, 0.2) is 39.4 Å². The second-order valence-corrected chi connectivity index (χ2v) is 5.27. The van der Waals surface area contributed by atoms with Crippen molar-refractivity contribution >= 4 is 35.0 Å². The lowest BCUT2D eigenvalue weighted by molar-refractivity contribution is -0.135. The molecule has 1 aliphatic heterocycles. The van der Waals surface area contributed by atoms with Gasteiger partial charge in [0.25, 0.3) is 5.91 Å². The molecule has 6 nitrogen and oxygen atoms in total. The summed E-state index contributed by atoms with van der Waals surface area (Å²) in [7, 11) is 1.22. The maximum Gasteiger partial charge on any atom is 0.331 e. The summed E-state index contributed by atoms with van der Waals surface area (Å²) < 4.78 is 17.6. The van der Waals surface area contributed by atoms with Crippen LogP contribution in [0.1, 0.15) is 11.1 Å². The summed E-state index contributed by atoms with van der Waals surface area (Å²) in [4.78, 5) is 22.8. The minimum absolute atomic E-state index is 0.169. The van der Waals surface area contributed by atoms with E-state index in [-0.39, 0.29) is 15.9 Å². The number of ether oxygens (including phenoxy) is 1. The third-order valence-electron chi connectivity index (χ3n) is 2.69. The van der Waals surface area contributed by atoms with E-state index in [4.69, 9.17) is 0 Å². The number of nitrogens with zero attached hydrogens (tertiary/aromatic N) is 2. The standard InChI is InChI=1S/C14H12FN3O3S/c1-8-3-4-10(15)5-9(8)7-16-18-14-17-13(20)11(22-14)6-12(19)21-2/h3-7H,1-2H3,(H,17,18,20)/b11-6+,16-7?. The van der Waals surface area contributed by atoms with Gasteiger partial charge >= 0.3 is 5.97 Å². The van der Waals surface area contributed by atoms with Crippen molar-refractivity contribution in [3.63, 3.8) is 0 Å². The number of hydrogen-bond acceptors (Lipinski definition) is 6. The number of carbonyl (C=O) groups is 2. The normalized spacial score (nSPS) is 18.2. The maximum atomic E-state index is 13.1. The zero-order valence-corrected chi connectivity index (χ0v) is 12.6. The first kappa shape index (κ1) is 15.9. The summed E-state index contributed by atoms with van der Waals surface area (Å²) in [5, 5.41) is 10.3. The lowest BCUT2D eigenvalue weighted by Gasteiger charge is -1.98. The van der Waals surface area contributed by atoms with Crippen molar-refractivity contribution < 1.29 is 18.7 Å². The van der Waals surface area contributed by atoms with Gasteiger partial charge in [0.15, 0.2) is 5.17 Å². The molecular weight excluding hydrogens is 309 g/mol. The minimum Gasteiger partial charge on any atom is -0.466 e.